The van der Waals surface area contributed by atoms with E-state index in [-0.39, 0.29) is 28.6 Å². The van der Waals surface area contributed by atoms with Gasteiger partial charge < -0.3 is 9.53 Å². The van der Waals surface area contributed by atoms with Crippen molar-refractivity contribution >= 4 is 8.32 Å². The highest BCUT2D eigenvalue weighted by molar-refractivity contribution is 6.74. The van der Waals surface area contributed by atoms with E-state index in [0.717, 1.165) is 24.8 Å². The highest BCUT2D eigenvalue weighted by Crippen LogP contribution is 2.51. The summed E-state index contributed by atoms with van der Waals surface area (Å²) in [7, 11) is -1.95. The lowest BCUT2D eigenvalue weighted by atomic mass is 9.63. The lowest BCUT2D eigenvalue weighted by Gasteiger charge is -2.50. The molecule has 3 heteroatoms. The smallest absolute Gasteiger partial charge is 0.192 e. The molecule has 2 fully saturated rings. The predicted molar refractivity (Wildman–Crippen MR) is 156 cm³/mol. The molecule has 0 radical (unpaired) electrons. The molecule has 0 aliphatic heterocycles. The van der Waals surface area contributed by atoms with Crippen LogP contribution in [-0.4, -0.2) is 26.1 Å². The molecule has 0 saturated heterocycles. The Morgan fingerprint density at radius 3 is 2.39 bits per heavy atom. The Labute approximate surface area is 222 Å². The van der Waals surface area contributed by atoms with Crippen molar-refractivity contribution in [3.8, 4) is 11.8 Å². The van der Waals surface area contributed by atoms with Crippen molar-refractivity contribution < 1.29 is 9.53 Å². The van der Waals surface area contributed by atoms with E-state index in [0.29, 0.717) is 0 Å². The Hall–Kier alpha value is -1.86. The van der Waals surface area contributed by atoms with Gasteiger partial charge in [0.25, 0.3) is 0 Å². The van der Waals surface area contributed by atoms with E-state index in [4.69, 9.17) is 4.43 Å². The van der Waals surface area contributed by atoms with Gasteiger partial charge in [-0.05, 0) is 62.4 Å². The normalized spacial score (nSPS) is 24.5. The van der Waals surface area contributed by atoms with Gasteiger partial charge in [0.1, 0.15) is 0 Å². The lowest BCUT2D eigenvalue weighted by Crippen LogP contribution is -2.50. The molecule has 2 saturated carbocycles. The van der Waals surface area contributed by atoms with Gasteiger partial charge in [-0.15, -0.1) is 0 Å². The van der Waals surface area contributed by atoms with Crippen molar-refractivity contribution in [1.82, 2.24) is 0 Å². The van der Waals surface area contributed by atoms with Crippen molar-refractivity contribution in [2.24, 2.45) is 10.8 Å². The Morgan fingerprint density at radius 1 is 1.06 bits per heavy atom. The Kier molecular flexibility index (Phi) is 9.66. The van der Waals surface area contributed by atoms with Crippen LogP contribution in [0.4, 0.5) is 0 Å². The van der Waals surface area contributed by atoms with E-state index in [1.54, 1.807) is 0 Å². The summed E-state index contributed by atoms with van der Waals surface area (Å²) in [6.07, 6.45) is 20.4. The number of allylic oxidation sites excluding steroid dienone is 4. The molecule has 2 atom stereocenters. The van der Waals surface area contributed by atoms with Gasteiger partial charge in [-0.3, -0.25) is 0 Å². The summed E-state index contributed by atoms with van der Waals surface area (Å²) in [5, 5.41) is 9.66. The first-order chi connectivity index (χ1) is 17.0. The summed E-state index contributed by atoms with van der Waals surface area (Å²) in [5.74, 6) is 6.91. The zero-order valence-corrected chi connectivity index (χ0v) is 24.6. The Morgan fingerprint density at radius 2 is 1.78 bits per heavy atom. The van der Waals surface area contributed by atoms with Gasteiger partial charge in [0, 0.05) is 22.8 Å². The molecule has 2 aliphatic rings. The van der Waals surface area contributed by atoms with E-state index < -0.39 is 8.32 Å². The highest BCUT2D eigenvalue weighted by Gasteiger charge is 2.48. The van der Waals surface area contributed by atoms with Crippen molar-refractivity contribution in [2.75, 3.05) is 6.61 Å². The maximum Gasteiger partial charge on any atom is 0.192 e. The second-order valence-corrected chi connectivity index (χ2v) is 17.4. The summed E-state index contributed by atoms with van der Waals surface area (Å²) in [6.45, 7) is 14.1. The molecule has 1 aromatic rings. The first-order valence-electron chi connectivity index (χ1n) is 13.9. The predicted octanol–water partition coefficient (Wildman–Crippen LogP) is 8.60. The van der Waals surface area contributed by atoms with Crippen molar-refractivity contribution in [2.45, 2.75) is 103 Å². The summed E-state index contributed by atoms with van der Waals surface area (Å²) >= 11 is 0. The number of aliphatic hydroxyl groups excluding tert-OH is 1. The van der Waals surface area contributed by atoms with E-state index in [1.807, 2.05) is 12.1 Å². The van der Waals surface area contributed by atoms with E-state index in [2.05, 4.69) is 101 Å². The van der Waals surface area contributed by atoms with Crippen LogP contribution in [0, 0.1) is 22.7 Å². The van der Waals surface area contributed by atoms with Gasteiger partial charge in [0.2, 0.25) is 0 Å². The van der Waals surface area contributed by atoms with E-state index >= 15 is 0 Å². The minimum atomic E-state index is -1.95. The molecule has 2 nitrogen and oxygen atoms in total. The van der Waals surface area contributed by atoms with Crippen LogP contribution in [0.5, 0.6) is 0 Å². The summed E-state index contributed by atoms with van der Waals surface area (Å²) < 4.78 is 7.10. The molecule has 0 aromatic heterocycles. The largest absolute Gasteiger partial charge is 0.410 e. The Balaban J connectivity index is 1.84. The van der Waals surface area contributed by atoms with Crippen LogP contribution in [0.3, 0.4) is 0 Å². The Bertz CT molecular complexity index is 996. The number of aliphatic hydroxyl groups is 1. The third-order valence-corrected chi connectivity index (χ3v) is 13.4. The molecule has 0 heterocycles. The van der Waals surface area contributed by atoms with Gasteiger partial charge in [0.05, 0.1) is 12.7 Å². The van der Waals surface area contributed by atoms with Gasteiger partial charge in [-0.25, -0.2) is 0 Å². The summed E-state index contributed by atoms with van der Waals surface area (Å²) in [4.78, 5) is 0. The quantitative estimate of drug-likeness (QED) is 0.166. The summed E-state index contributed by atoms with van der Waals surface area (Å²) in [5.41, 5.74) is 2.59. The third-order valence-electron chi connectivity index (χ3n) is 8.95. The van der Waals surface area contributed by atoms with E-state index in [1.165, 1.54) is 37.7 Å². The SMILES string of the molecule is CC(C)(C)[Si](C)(C)OC(/C=C/C=C/[C@]1(C)CCCC/C1=C\CO)C1(CC#Cc2ccccc2)CCC1. The fraction of sp³-hybridized carbons (Fsp3) is 0.576. The molecule has 36 heavy (non-hydrogen) atoms. The molecular weight excluding hydrogens is 456 g/mol. The second-order valence-electron chi connectivity index (χ2n) is 12.6. The fourth-order valence-corrected chi connectivity index (χ4v) is 6.54. The van der Waals surface area contributed by atoms with Gasteiger partial charge in [-0.2, -0.15) is 0 Å². The minimum Gasteiger partial charge on any atom is -0.410 e. The van der Waals surface area contributed by atoms with Crippen molar-refractivity contribution in [3.05, 3.63) is 71.8 Å². The molecule has 1 unspecified atom stereocenters. The number of benzene rings is 1. The first-order valence-corrected chi connectivity index (χ1v) is 16.8. The molecule has 1 aromatic carbocycles. The van der Waals surface area contributed by atoms with Crippen LogP contribution in [-0.2, 0) is 4.43 Å². The molecular formula is C33H48O2Si. The maximum atomic E-state index is 9.50. The number of hydrogen-bond donors (Lipinski definition) is 1. The molecule has 3 rings (SSSR count). The van der Waals surface area contributed by atoms with Crippen LogP contribution in [0.25, 0.3) is 0 Å². The highest BCUT2D eigenvalue weighted by atomic mass is 28.4. The first kappa shape index (κ1) is 28.7. The van der Waals surface area contributed by atoms with Crippen LogP contribution >= 0.6 is 0 Å². The van der Waals surface area contributed by atoms with Crippen LogP contribution in [0.2, 0.25) is 18.1 Å². The molecule has 196 valence electrons. The lowest BCUT2D eigenvalue weighted by molar-refractivity contribution is 0.00682. The monoisotopic (exact) mass is 504 g/mol. The second kappa shape index (κ2) is 12.1. The molecule has 2 aliphatic carbocycles. The van der Waals surface area contributed by atoms with E-state index in [9.17, 15) is 5.11 Å². The number of rotatable bonds is 8. The van der Waals surface area contributed by atoms with Crippen molar-refractivity contribution in [3.63, 3.8) is 0 Å². The maximum absolute atomic E-state index is 9.50. The minimum absolute atomic E-state index is 0.0381. The number of hydrogen-bond acceptors (Lipinski definition) is 2. The van der Waals surface area contributed by atoms with Crippen molar-refractivity contribution in [1.29, 1.82) is 0 Å². The van der Waals surface area contributed by atoms with Gasteiger partial charge in [-0.1, -0.05) is 107 Å². The van der Waals surface area contributed by atoms with Gasteiger partial charge >= 0.3 is 0 Å². The average Bonchev–Trinajstić information content (AvgIpc) is 2.79. The summed E-state index contributed by atoms with van der Waals surface area (Å²) in [6, 6.07) is 10.3. The van der Waals surface area contributed by atoms with Gasteiger partial charge in [0.15, 0.2) is 8.32 Å². The zero-order valence-electron chi connectivity index (χ0n) is 23.6. The molecule has 0 spiro atoms. The van der Waals surface area contributed by atoms with Crippen LogP contribution in [0.1, 0.15) is 84.6 Å². The zero-order chi connectivity index (χ0) is 26.3. The third kappa shape index (κ3) is 7.12. The molecule has 0 amide bonds. The molecule has 1 N–H and O–H groups in total. The fourth-order valence-electron chi connectivity index (χ4n) is 5.22. The average molecular weight is 505 g/mol. The molecule has 0 bridgehead atoms. The van der Waals surface area contributed by atoms with Crippen LogP contribution in [0.15, 0.2) is 66.3 Å². The van der Waals surface area contributed by atoms with Crippen LogP contribution < -0.4 is 0 Å². The topological polar surface area (TPSA) is 29.5 Å². The standard InChI is InChI=1S/C33H48O2Si/c1-31(2,3)36(5,6)35-30(20-11-13-23-32(4)22-12-10-19-29(32)21-27-34)33(25-15-26-33)24-14-18-28-16-8-7-9-17-28/h7-9,11,13,16-17,20-21,23,30,34H,10,12,15,19,22,24-27H2,1-6H3/b20-11+,23-13+,29-21+/t30?,32-/m0/s1.